The Morgan fingerprint density at radius 3 is 2.73 bits per heavy atom. The summed E-state index contributed by atoms with van der Waals surface area (Å²) in [6.45, 7) is 3.62. The molecule has 5 nitrogen and oxygen atoms in total. The smallest absolute Gasteiger partial charge is 0.408 e. The maximum absolute atomic E-state index is 13.5. The van der Waals surface area contributed by atoms with Crippen LogP contribution in [0.5, 0.6) is 0 Å². The van der Waals surface area contributed by atoms with Gasteiger partial charge in [0.1, 0.15) is 5.71 Å². The number of H-pyrrole nitrogens is 1. The maximum Gasteiger partial charge on any atom is 0.417 e. The second-order valence-corrected chi connectivity index (χ2v) is 8.24. The number of thiophene rings is 1. The number of alkyl halides is 3. The van der Waals surface area contributed by atoms with Crippen molar-refractivity contribution in [1.29, 1.82) is 0 Å². The van der Waals surface area contributed by atoms with Gasteiger partial charge in [0.05, 0.1) is 16.0 Å². The fraction of sp³-hybridized carbons (Fsp3) is 0.190. The van der Waals surface area contributed by atoms with E-state index >= 15 is 0 Å². The zero-order valence-electron chi connectivity index (χ0n) is 15.8. The van der Waals surface area contributed by atoms with Gasteiger partial charge in [-0.25, -0.2) is 4.79 Å². The van der Waals surface area contributed by atoms with Gasteiger partial charge in [-0.2, -0.15) is 18.3 Å². The van der Waals surface area contributed by atoms with Crippen LogP contribution in [0.1, 0.15) is 34.1 Å². The van der Waals surface area contributed by atoms with Crippen LogP contribution in [-0.2, 0) is 12.6 Å². The van der Waals surface area contributed by atoms with Crippen LogP contribution in [0.15, 0.2) is 49.7 Å². The van der Waals surface area contributed by atoms with E-state index in [9.17, 15) is 18.0 Å². The molecule has 4 aromatic rings. The van der Waals surface area contributed by atoms with Crippen LogP contribution in [0.25, 0.3) is 21.2 Å². The summed E-state index contributed by atoms with van der Waals surface area (Å²) in [6, 6.07) is 7.69. The molecule has 2 aromatic heterocycles. The molecule has 0 saturated carbocycles. The first kappa shape index (κ1) is 18.8. The SMILES string of the molecule is CC1=NN=C(c2sc3c(C(F)(F)F)cccc3c2C)c2cc3oc(=O)[nH]c3cc2C1. The number of rotatable bonds is 1. The largest absolute Gasteiger partial charge is 0.417 e. The van der Waals surface area contributed by atoms with Crippen molar-refractivity contribution < 1.29 is 17.6 Å². The Kier molecular flexibility index (Phi) is 4.01. The molecule has 0 amide bonds. The molecule has 5 rings (SSSR count). The van der Waals surface area contributed by atoms with Gasteiger partial charge in [-0.05, 0) is 48.6 Å². The quantitative estimate of drug-likeness (QED) is 0.438. The first-order valence-corrected chi connectivity index (χ1v) is 9.91. The van der Waals surface area contributed by atoms with Gasteiger partial charge in [-0.15, -0.1) is 16.4 Å². The first-order chi connectivity index (χ1) is 14.2. The summed E-state index contributed by atoms with van der Waals surface area (Å²) in [4.78, 5) is 14.9. The van der Waals surface area contributed by atoms with Crippen molar-refractivity contribution in [2.75, 3.05) is 0 Å². The number of hydrogen-bond donors (Lipinski definition) is 1. The third-order valence-electron chi connectivity index (χ3n) is 5.15. The van der Waals surface area contributed by atoms with E-state index in [4.69, 9.17) is 4.42 Å². The minimum atomic E-state index is -4.45. The van der Waals surface area contributed by atoms with Crippen molar-refractivity contribution in [3.63, 3.8) is 0 Å². The highest BCUT2D eigenvalue weighted by Crippen LogP contribution is 2.42. The van der Waals surface area contributed by atoms with Crippen LogP contribution in [0, 0.1) is 6.92 Å². The van der Waals surface area contributed by atoms with Crippen LogP contribution in [0.3, 0.4) is 0 Å². The van der Waals surface area contributed by atoms with E-state index in [1.165, 1.54) is 6.07 Å². The lowest BCUT2D eigenvalue weighted by atomic mass is 9.96. The van der Waals surface area contributed by atoms with Crippen molar-refractivity contribution in [1.82, 2.24) is 4.98 Å². The number of aromatic nitrogens is 1. The molecule has 0 atom stereocenters. The molecule has 1 aliphatic heterocycles. The van der Waals surface area contributed by atoms with Crippen molar-refractivity contribution in [3.8, 4) is 0 Å². The van der Waals surface area contributed by atoms with Crippen molar-refractivity contribution in [3.05, 3.63) is 68.0 Å². The van der Waals surface area contributed by atoms with Crippen LogP contribution in [0.4, 0.5) is 13.2 Å². The van der Waals surface area contributed by atoms with E-state index in [-0.39, 0.29) is 4.70 Å². The fourth-order valence-electron chi connectivity index (χ4n) is 3.77. The normalized spacial score (nSPS) is 14.6. The molecular weight excluding hydrogens is 415 g/mol. The third-order valence-corrected chi connectivity index (χ3v) is 6.50. The summed E-state index contributed by atoms with van der Waals surface area (Å²) in [5.41, 5.74) is 3.74. The summed E-state index contributed by atoms with van der Waals surface area (Å²) in [5, 5.41) is 9.17. The second-order valence-electron chi connectivity index (χ2n) is 7.22. The number of halogens is 3. The molecule has 30 heavy (non-hydrogen) atoms. The van der Waals surface area contributed by atoms with Gasteiger partial charge in [0.2, 0.25) is 0 Å². The van der Waals surface area contributed by atoms with E-state index < -0.39 is 17.5 Å². The molecule has 2 aromatic carbocycles. The van der Waals surface area contributed by atoms with Gasteiger partial charge in [-0.3, -0.25) is 4.98 Å². The van der Waals surface area contributed by atoms with E-state index in [0.717, 1.165) is 28.7 Å². The van der Waals surface area contributed by atoms with Crippen molar-refractivity contribution in [2.24, 2.45) is 10.2 Å². The molecule has 9 heteroatoms. The number of aromatic amines is 1. The summed E-state index contributed by atoms with van der Waals surface area (Å²) >= 11 is 1.05. The van der Waals surface area contributed by atoms with Crippen LogP contribution >= 0.6 is 11.3 Å². The molecule has 0 radical (unpaired) electrons. The van der Waals surface area contributed by atoms with Crippen LogP contribution < -0.4 is 5.76 Å². The lowest BCUT2D eigenvalue weighted by Gasteiger charge is -2.08. The molecular formula is C21H14F3N3O2S. The average Bonchev–Trinajstić information content (AvgIpc) is 3.14. The Bertz CT molecular complexity index is 1450. The molecule has 0 spiro atoms. The van der Waals surface area contributed by atoms with Gasteiger partial charge < -0.3 is 4.42 Å². The van der Waals surface area contributed by atoms with Gasteiger partial charge in [0, 0.05) is 22.4 Å². The Balaban J connectivity index is 1.80. The number of nitrogens with one attached hydrogen (secondary N) is 1. The number of nitrogens with zero attached hydrogens (tertiary/aromatic N) is 2. The van der Waals surface area contributed by atoms with E-state index in [1.807, 2.05) is 6.92 Å². The molecule has 0 saturated heterocycles. The summed E-state index contributed by atoms with van der Waals surface area (Å²) < 4.78 is 46.0. The number of oxazole rings is 1. The molecule has 0 bridgehead atoms. The number of benzene rings is 2. The van der Waals surface area contributed by atoms with Gasteiger partial charge in [0.15, 0.2) is 5.58 Å². The number of aryl methyl sites for hydroxylation is 1. The Labute approximate surface area is 171 Å². The van der Waals surface area contributed by atoms with Gasteiger partial charge >= 0.3 is 11.9 Å². The molecule has 0 unspecified atom stereocenters. The zero-order valence-corrected chi connectivity index (χ0v) is 16.7. The first-order valence-electron chi connectivity index (χ1n) is 9.09. The number of fused-ring (bicyclic) bond motifs is 3. The van der Waals surface area contributed by atoms with E-state index in [1.54, 1.807) is 25.1 Å². The Morgan fingerprint density at radius 2 is 1.97 bits per heavy atom. The van der Waals surface area contributed by atoms with E-state index in [2.05, 4.69) is 15.2 Å². The van der Waals surface area contributed by atoms with Crippen LogP contribution in [-0.4, -0.2) is 16.4 Å². The monoisotopic (exact) mass is 429 g/mol. The summed E-state index contributed by atoms with van der Waals surface area (Å²) in [7, 11) is 0. The molecule has 1 N–H and O–H groups in total. The zero-order chi connectivity index (χ0) is 21.2. The van der Waals surface area contributed by atoms with Crippen molar-refractivity contribution >= 4 is 43.9 Å². The topological polar surface area (TPSA) is 70.7 Å². The highest BCUT2D eigenvalue weighted by atomic mass is 32.1. The Morgan fingerprint density at radius 1 is 1.17 bits per heavy atom. The number of hydrogen-bond acceptors (Lipinski definition) is 5. The maximum atomic E-state index is 13.5. The average molecular weight is 429 g/mol. The Hall–Kier alpha value is -3.20. The minimum Gasteiger partial charge on any atom is -0.408 e. The fourth-order valence-corrected chi connectivity index (χ4v) is 5.11. The van der Waals surface area contributed by atoms with Crippen LogP contribution in [0.2, 0.25) is 0 Å². The highest BCUT2D eigenvalue weighted by Gasteiger charge is 2.34. The van der Waals surface area contributed by atoms with Gasteiger partial charge in [0.25, 0.3) is 0 Å². The third kappa shape index (κ3) is 2.88. The lowest BCUT2D eigenvalue weighted by molar-refractivity contribution is -0.136. The standard InChI is InChI=1S/C21H14F3N3O2S/c1-9-6-11-7-15-16(29-20(28)25-15)8-13(11)17(27-26-9)18-10(2)12-4-3-5-14(19(12)30-18)21(22,23)24/h3-5,7-8H,6H2,1-2H3,(H,25,28). The van der Waals surface area contributed by atoms with E-state index in [0.29, 0.717) is 44.6 Å². The molecule has 3 heterocycles. The molecule has 1 aliphatic rings. The second kappa shape index (κ2) is 6.40. The molecule has 0 aliphatic carbocycles. The minimum absolute atomic E-state index is 0.168. The lowest BCUT2D eigenvalue weighted by Crippen LogP contribution is -2.06. The summed E-state index contributed by atoms with van der Waals surface area (Å²) in [6.07, 6.45) is -3.95. The summed E-state index contributed by atoms with van der Waals surface area (Å²) in [5.74, 6) is -0.568. The molecule has 152 valence electrons. The predicted molar refractivity (Wildman–Crippen MR) is 111 cm³/mol. The molecule has 0 fully saturated rings. The predicted octanol–water partition coefficient (Wildman–Crippen LogP) is 5.43. The van der Waals surface area contributed by atoms with Gasteiger partial charge in [-0.1, -0.05) is 12.1 Å². The van der Waals surface area contributed by atoms with Crippen molar-refractivity contribution in [2.45, 2.75) is 26.4 Å². The highest BCUT2D eigenvalue weighted by molar-refractivity contribution is 7.21.